The molecule has 0 radical (unpaired) electrons. The van der Waals surface area contributed by atoms with Crippen LogP contribution in [0.1, 0.15) is 12.6 Å². The summed E-state index contributed by atoms with van der Waals surface area (Å²) in [5.74, 6) is 0.171. The lowest BCUT2D eigenvalue weighted by atomic mass is 9.92. The first-order chi connectivity index (χ1) is 10.9. The Balaban J connectivity index is 2.25. The van der Waals surface area contributed by atoms with Crippen molar-refractivity contribution in [1.82, 2.24) is 14.6 Å². The van der Waals surface area contributed by atoms with Gasteiger partial charge in [0.15, 0.2) is 11.5 Å². The van der Waals surface area contributed by atoms with E-state index in [2.05, 4.69) is 20.1 Å². The topological polar surface area (TPSA) is 178 Å². The van der Waals surface area contributed by atoms with E-state index in [9.17, 15) is 15.5 Å². The van der Waals surface area contributed by atoms with Crippen LogP contribution in [0, 0.1) is 11.3 Å². The Morgan fingerprint density at radius 1 is 1.52 bits per heavy atom. The molecule has 0 aromatic carbocycles. The highest BCUT2D eigenvalue weighted by atomic mass is 16.6. The molecule has 3 heterocycles. The molecular formula is C12H12N8O3. The molecule has 1 saturated heterocycles. The summed E-state index contributed by atoms with van der Waals surface area (Å²) < 4.78 is 6.82. The van der Waals surface area contributed by atoms with Gasteiger partial charge in [-0.05, 0) is 24.6 Å². The molecule has 1 aliphatic rings. The van der Waals surface area contributed by atoms with Crippen molar-refractivity contribution >= 4 is 11.3 Å². The summed E-state index contributed by atoms with van der Waals surface area (Å²) in [7, 11) is 0. The van der Waals surface area contributed by atoms with Crippen molar-refractivity contribution < 1.29 is 14.9 Å². The van der Waals surface area contributed by atoms with Crippen LogP contribution in [-0.4, -0.2) is 42.7 Å². The van der Waals surface area contributed by atoms with Gasteiger partial charge in [0.2, 0.25) is 5.60 Å². The molecule has 23 heavy (non-hydrogen) atoms. The number of nitrogens with two attached hydrogens (primary N) is 1. The molecule has 0 amide bonds. The number of rotatable bonds is 2. The van der Waals surface area contributed by atoms with Crippen LogP contribution in [0.3, 0.4) is 0 Å². The molecule has 4 N–H and O–H groups in total. The standard InChI is InChI=1S/C12H12N8O3/c1-11(18-19-15)8(21)9(22)12(4-13,23-11)7-3-2-6-10(14)16-5-17-20(6)7/h2-3,5,8-9,21-22H,1H3,(H2,14,16,17)/t8-,9+,11+,12-/m0/s1. The molecule has 118 valence electrons. The fourth-order valence-corrected chi connectivity index (χ4v) is 2.71. The van der Waals surface area contributed by atoms with Gasteiger partial charge in [0.05, 0.1) is 5.69 Å². The zero-order chi connectivity index (χ0) is 16.8. The van der Waals surface area contributed by atoms with E-state index in [1.807, 2.05) is 6.07 Å². The van der Waals surface area contributed by atoms with Crippen molar-refractivity contribution in [3.05, 3.63) is 34.6 Å². The van der Waals surface area contributed by atoms with Gasteiger partial charge in [-0.15, -0.1) is 0 Å². The predicted molar refractivity (Wildman–Crippen MR) is 75.3 cm³/mol. The van der Waals surface area contributed by atoms with Gasteiger partial charge in [-0.25, -0.2) is 9.50 Å². The van der Waals surface area contributed by atoms with Crippen LogP contribution in [0.2, 0.25) is 0 Å². The average molecular weight is 316 g/mol. The molecular weight excluding hydrogens is 304 g/mol. The van der Waals surface area contributed by atoms with E-state index in [0.717, 1.165) is 0 Å². The minimum absolute atomic E-state index is 0.132. The number of anilines is 1. The summed E-state index contributed by atoms with van der Waals surface area (Å²) in [5.41, 5.74) is 11.1. The van der Waals surface area contributed by atoms with Gasteiger partial charge in [-0.3, -0.25) is 0 Å². The summed E-state index contributed by atoms with van der Waals surface area (Å²) in [6.07, 6.45) is -2.10. The van der Waals surface area contributed by atoms with Crippen molar-refractivity contribution in [2.24, 2.45) is 5.11 Å². The lowest BCUT2D eigenvalue weighted by Crippen LogP contribution is -2.41. The van der Waals surface area contributed by atoms with E-state index >= 15 is 0 Å². The number of nitrogen functional groups attached to an aromatic ring is 1. The molecule has 0 unspecified atom stereocenters. The molecule has 11 heteroatoms. The number of nitriles is 1. The van der Waals surface area contributed by atoms with E-state index in [1.165, 1.54) is 23.8 Å². The minimum atomic E-state index is -1.99. The smallest absolute Gasteiger partial charge is 0.225 e. The number of hydrogen-bond donors (Lipinski definition) is 3. The van der Waals surface area contributed by atoms with E-state index in [1.54, 1.807) is 6.07 Å². The second-order valence-electron chi connectivity index (χ2n) is 5.24. The summed E-state index contributed by atoms with van der Waals surface area (Å²) in [6, 6.07) is 4.87. The van der Waals surface area contributed by atoms with Crippen molar-refractivity contribution in [1.29, 1.82) is 5.26 Å². The Kier molecular flexibility index (Phi) is 3.13. The van der Waals surface area contributed by atoms with Crippen molar-refractivity contribution in [3.63, 3.8) is 0 Å². The van der Waals surface area contributed by atoms with Gasteiger partial charge in [0.25, 0.3) is 0 Å². The third kappa shape index (κ3) is 1.84. The molecule has 1 fully saturated rings. The molecule has 0 bridgehead atoms. The highest BCUT2D eigenvalue weighted by molar-refractivity contribution is 5.66. The van der Waals surface area contributed by atoms with E-state index in [-0.39, 0.29) is 11.5 Å². The lowest BCUT2D eigenvalue weighted by molar-refractivity contribution is -0.0981. The van der Waals surface area contributed by atoms with Crippen LogP contribution in [0.15, 0.2) is 23.6 Å². The molecule has 0 aliphatic carbocycles. The molecule has 0 saturated carbocycles. The Morgan fingerprint density at radius 3 is 2.91 bits per heavy atom. The van der Waals surface area contributed by atoms with Gasteiger partial charge < -0.3 is 20.7 Å². The fraction of sp³-hybridized carbons (Fsp3) is 0.417. The largest absolute Gasteiger partial charge is 0.387 e. The summed E-state index contributed by atoms with van der Waals surface area (Å²) in [4.78, 5) is 6.43. The zero-order valence-electron chi connectivity index (χ0n) is 11.9. The number of ether oxygens (including phenoxy) is 1. The van der Waals surface area contributed by atoms with Crippen LogP contribution < -0.4 is 5.73 Å². The number of aliphatic hydroxyl groups excluding tert-OH is 2. The van der Waals surface area contributed by atoms with E-state index in [4.69, 9.17) is 16.0 Å². The number of hydrogen-bond acceptors (Lipinski definition) is 8. The number of azide groups is 1. The zero-order valence-corrected chi connectivity index (χ0v) is 11.9. The first kappa shape index (κ1) is 15.0. The average Bonchev–Trinajstić information content (AvgIpc) is 3.04. The molecule has 3 rings (SSSR count). The first-order valence-corrected chi connectivity index (χ1v) is 6.52. The van der Waals surface area contributed by atoms with Crippen LogP contribution >= 0.6 is 0 Å². The van der Waals surface area contributed by atoms with Crippen LogP contribution in [-0.2, 0) is 10.3 Å². The van der Waals surface area contributed by atoms with Crippen LogP contribution in [0.25, 0.3) is 16.0 Å². The van der Waals surface area contributed by atoms with E-state index in [0.29, 0.717) is 5.52 Å². The molecule has 0 spiro atoms. The second kappa shape index (κ2) is 4.80. The quantitative estimate of drug-likeness (QED) is 0.390. The van der Waals surface area contributed by atoms with Crippen molar-refractivity contribution in [2.45, 2.75) is 30.5 Å². The number of aliphatic hydroxyl groups is 2. The van der Waals surface area contributed by atoms with Gasteiger partial charge in [-0.1, -0.05) is 5.11 Å². The maximum absolute atomic E-state index is 10.4. The molecule has 2 aromatic heterocycles. The summed E-state index contributed by atoms with van der Waals surface area (Å²) in [5, 5.41) is 37.6. The normalized spacial score (nSPS) is 33.3. The van der Waals surface area contributed by atoms with Crippen LogP contribution in [0.4, 0.5) is 5.82 Å². The Morgan fingerprint density at radius 2 is 2.26 bits per heavy atom. The lowest BCUT2D eigenvalue weighted by Gasteiger charge is -2.25. The minimum Gasteiger partial charge on any atom is -0.387 e. The Bertz CT molecular complexity index is 869. The maximum atomic E-state index is 10.4. The molecule has 1 aliphatic heterocycles. The third-order valence-electron chi connectivity index (χ3n) is 3.90. The van der Waals surface area contributed by atoms with Gasteiger partial charge in [0, 0.05) is 4.91 Å². The number of nitrogens with zero attached hydrogens (tertiary/aromatic N) is 7. The third-order valence-corrected chi connectivity index (χ3v) is 3.90. The van der Waals surface area contributed by atoms with Crippen LogP contribution in [0.5, 0.6) is 0 Å². The van der Waals surface area contributed by atoms with E-state index < -0.39 is 23.5 Å². The monoisotopic (exact) mass is 316 g/mol. The Hall–Kier alpha value is -2.90. The van der Waals surface area contributed by atoms with Crippen molar-refractivity contribution in [3.8, 4) is 6.07 Å². The number of aromatic nitrogens is 3. The SMILES string of the molecule is C[C@@]1(N=[N+]=[N-])O[C@@](C#N)(c2ccc3c(N)ncnn23)[C@H](O)[C@@H]1O. The Labute approximate surface area is 129 Å². The number of fused-ring (bicyclic) bond motifs is 1. The molecule has 2 aromatic rings. The van der Waals surface area contributed by atoms with Gasteiger partial charge >= 0.3 is 0 Å². The summed E-state index contributed by atoms with van der Waals surface area (Å²) >= 11 is 0. The van der Waals surface area contributed by atoms with Gasteiger partial charge in [0.1, 0.15) is 30.1 Å². The molecule has 4 atom stereocenters. The second-order valence-corrected chi connectivity index (χ2v) is 5.24. The fourth-order valence-electron chi connectivity index (χ4n) is 2.71. The first-order valence-electron chi connectivity index (χ1n) is 6.52. The molecule has 11 nitrogen and oxygen atoms in total. The van der Waals surface area contributed by atoms with Crippen molar-refractivity contribution in [2.75, 3.05) is 5.73 Å². The predicted octanol–water partition coefficient (Wildman–Crippen LogP) is -0.191. The summed E-state index contributed by atoms with van der Waals surface area (Å²) in [6.45, 7) is 1.28. The maximum Gasteiger partial charge on any atom is 0.225 e. The highest BCUT2D eigenvalue weighted by Gasteiger charge is 2.62. The van der Waals surface area contributed by atoms with Gasteiger partial charge in [-0.2, -0.15) is 10.4 Å². The highest BCUT2D eigenvalue weighted by Crippen LogP contribution is 2.45.